The van der Waals surface area contributed by atoms with Crippen LogP contribution in [0.1, 0.15) is 28.5 Å². The molecule has 2 aromatic heterocycles. The lowest BCUT2D eigenvalue weighted by Crippen LogP contribution is -2.22. The molecule has 3 rings (SSSR count). The topological polar surface area (TPSA) is 46.4 Å². The first-order valence-corrected chi connectivity index (χ1v) is 9.68. The second-order valence-corrected chi connectivity index (χ2v) is 7.55. The molecule has 0 aliphatic rings. The minimum atomic E-state index is -0.0806. The van der Waals surface area contributed by atoms with Crippen LogP contribution in [0.15, 0.2) is 53.3 Å². The van der Waals surface area contributed by atoms with Crippen LogP contribution in [0.5, 0.6) is 0 Å². The highest BCUT2D eigenvalue weighted by molar-refractivity contribution is 9.10. The van der Waals surface area contributed by atoms with Crippen molar-refractivity contribution < 1.29 is 4.79 Å². The summed E-state index contributed by atoms with van der Waals surface area (Å²) in [4.78, 5) is 16.7. The molecule has 1 N–H and O–H groups in total. The Balaban J connectivity index is 1.61. The number of carbonyl (C=O) groups is 1. The van der Waals surface area contributed by atoms with E-state index in [1.807, 2.05) is 65.0 Å². The molecule has 24 heavy (non-hydrogen) atoms. The van der Waals surface area contributed by atoms with Crippen molar-refractivity contribution >= 4 is 39.2 Å². The maximum absolute atomic E-state index is 12.3. The molecule has 0 fully saturated rings. The van der Waals surface area contributed by atoms with Gasteiger partial charge in [-0.3, -0.25) is 4.79 Å². The summed E-state index contributed by atoms with van der Waals surface area (Å²) in [6.45, 7) is 2.55. The molecule has 0 atom stereocenters. The number of carbonyl (C=O) groups excluding carboxylic acids is 1. The average Bonchev–Trinajstić information content (AvgIpc) is 3.00. The number of rotatable bonds is 6. The number of imidazole rings is 1. The van der Waals surface area contributed by atoms with Gasteiger partial charge in [-0.15, -0.1) is 0 Å². The third-order valence-corrected chi connectivity index (χ3v) is 5.00. The number of nitrogens with zero attached hydrogens (tertiary/aromatic N) is 2. The Morgan fingerprint density at radius 2 is 2.00 bits per heavy atom. The third-order valence-electron chi connectivity index (χ3n) is 3.58. The largest absolute Gasteiger partial charge is 0.346 e. The summed E-state index contributed by atoms with van der Waals surface area (Å²) in [6.07, 6.45) is 3.87. The summed E-state index contributed by atoms with van der Waals surface area (Å²) >= 11 is 5.31. The molecule has 1 amide bonds. The zero-order valence-electron chi connectivity index (χ0n) is 13.3. The molecule has 0 bridgehead atoms. The minimum absolute atomic E-state index is 0.0806. The van der Waals surface area contributed by atoms with Crippen LogP contribution in [-0.4, -0.2) is 21.0 Å². The molecule has 0 unspecified atom stereocenters. The summed E-state index contributed by atoms with van der Waals surface area (Å²) in [6, 6.07) is 11.7. The monoisotopic (exact) mass is 403 g/mol. The predicted molar refractivity (Wildman–Crippen MR) is 102 cm³/mol. The van der Waals surface area contributed by atoms with E-state index in [9.17, 15) is 4.79 Å². The van der Waals surface area contributed by atoms with E-state index in [2.05, 4.69) is 33.2 Å². The Morgan fingerprint density at radius 1 is 1.21 bits per heavy atom. The fourth-order valence-electron chi connectivity index (χ4n) is 2.35. The van der Waals surface area contributed by atoms with Crippen LogP contribution in [0.3, 0.4) is 0 Å². The summed E-state index contributed by atoms with van der Waals surface area (Å²) in [5, 5.41) is 2.92. The fourth-order valence-corrected chi connectivity index (χ4v) is 3.33. The van der Waals surface area contributed by atoms with Gasteiger partial charge >= 0.3 is 0 Å². The van der Waals surface area contributed by atoms with Crippen LogP contribution >= 0.6 is 27.7 Å². The highest BCUT2D eigenvalue weighted by Crippen LogP contribution is 2.14. The summed E-state index contributed by atoms with van der Waals surface area (Å²) in [7, 11) is 0. The van der Waals surface area contributed by atoms with E-state index >= 15 is 0 Å². The lowest BCUT2D eigenvalue weighted by atomic mass is 10.1. The van der Waals surface area contributed by atoms with Crippen LogP contribution in [0, 0.1) is 0 Å². The van der Waals surface area contributed by atoms with Crippen molar-refractivity contribution in [1.82, 2.24) is 14.7 Å². The van der Waals surface area contributed by atoms with E-state index in [1.54, 1.807) is 0 Å². The Labute approximate surface area is 153 Å². The van der Waals surface area contributed by atoms with Gasteiger partial charge in [-0.2, -0.15) is 11.8 Å². The predicted octanol–water partition coefficient (Wildman–Crippen LogP) is 4.28. The molecule has 0 saturated heterocycles. The number of pyridine rings is 1. The number of fused-ring (bicyclic) bond motifs is 1. The quantitative estimate of drug-likeness (QED) is 0.667. The number of hydrogen-bond acceptors (Lipinski definition) is 3. The molecule has 4 nitrogen and oxygen atoms in total. The van der Waals surface area contributed by atoms with Crippen LogP contribution in [0.2, 0.25) is 0 Å². The van der Waals surface area contributed by atoms with Crippen molar-refractivity contribution in [2.24, 2.45) is 0 Å². The lowest BCUT2D eigenvalue weighted by molar-refractivity contribution is 0.0950. The van der Waals surface area contributed by atoms with E-state index in [4.69, 9.17) is 0 Å². The van der Waals surface area contributed by atoms with E-state index < -0.39 is 0 Å². The van der Waals surface area contributed by atoms with Gasteiger partial charge in [0.25, 0.3) is 5.91 Å². The Hall–Kier alpha value is -1.79. The molecule has 0 saturated carbocycles. The number of thioether (sulfide) groups is 1. The summed E-state index contributed by atoms with van der Waals surface area (Å²) in [5.41, 5.74) is 3.61. The number of amides is 1. The smallest absolute Gasteiger partial charge is 0.251 e. The maximum Gasteiger partial charge on any atom is 0.251 e. The van der Waals surface area contributed by atoms with Gasteiger partial charge in [0, 0.05) is 28.2 Å². The Bertz CT molecular complexity index is 845. The van der Waals surface area contributed by atoms with Gasteiger partial charge in [-0.1, -0.05) is 19.1 Å². The second kappa shape index (κ2) is 7.85. The molecule has 0 aliphatic carbocycles. The van der Waals surface area contributed by atoms with Gasteiger partial charge in [0.05, 0.1) is 12.2 Å². The molecule has 1 aromatic carbocycles. The Morgan fingerprint density at radius 3 is 2.75 bits per heavy atom. The molecule has 3 aromatic rings. The zero-order valence-corrected chi connectivity index (χ0v) is 15.7. The van der Waals surface area contributed by atoms with Gasteiger partial charge in [0.15, 0.2) is 0 Å². The molecule has 0 spiro atoms. The molecule has 0 radical (unpaired) electrons. The fraction of sp³-hybridized carbons (Fsp3) is 0.222. The molecule has 124 valence electrons. The second-order valence-electron chi connectivity index (χ2n) is 5.36. The Kier molecular flexibility index (Phi) is 5.58. The molecule has 6 heteroatoms. The highest BCUT2D eigenvalue weighted by atomic mass is 79.9. The van der Waals surface area contributed by atoms with Crippen molar-refractivity contribution in [1.29, 1.82) is 0 Å². The van der Waals surface area contributed by atoms with Crippen LogP contribution in [0.4, 0.5) is 0 Å². The average molecular weight is 404 g/mol. The molecule has 2 heterocycles. The number of nitrogens with one attached hydrogen (secondary N) is 1. The summed E-state index contributed by atoms with van der Waals surface area (Å²) < 4.78 is 2.93. The van der Waals surface area contributed by atoms with Crippen molar-refractivity contribution in [3.05, 3.63) is 70.1 Å². The standard InChI is InChI=1S/C18H18BrN3OS/c1-2-24-12-13-3-5-14(6-4-13)18(23)20-9-16-11-22-10-15(19)7-8-17(22)21-16/h3-8,10-11H,2,9,12H2,1H3,(H,20,23). The SMILES string of the molecule is CCSCc1ccc(C(=O)NCc2cn3cc(Br)ccc3n2)cc1. The normalized spacial score (nSPS) is 10.9. The molecular formula is C18H18BrN3OS. The highest BCUT2D eigenvalue weighted by Gasteiger charge is 2.07. The van der Waals surface area contributed by atoms with Gasteiger partial charge in [0.2, 0.25) is 0 Å². The van der Waals surface area contributed by atoms with Crippen LogP contribution in [0.25, 0.3) is 5.65 Å². The van der Waals surface area contributed by atoms with Crippen molar-refractivity contribution in [2.75, 3.05) is 5.75 Å². The third kappa shape index (κ3) is 4.19. The van der Waals surface area contributed by atoms with Crippen LogP contribution in [-0.2, 0) is 12.3 Å². The first kappa shape index (κ1) is 17.0. The van der Waals surface area contributed by atoms with Gasteiger partial charge in [-0.05, 0) is 51.5 Å². The zero-order chi connectivity index (χ0) is 16.9. The van der Waals surface area contributed by atoms with E-state index in [1.165, 1.54) is 5.56 Å². The number of benzene rings is 1. The summed E-state index contributed by atoms with van der Waals surface area (Å²) in [5.74, 6) is 2.00. The number of aromatic nitrogens is 2. The molecule has 0 aliphatic heterocycles. The first-order valence-electron chi connectivity index (χ1n) is 7.73. The van der Waals surface area contributed by atoms with Crippen molar-refractivity contribution in [2.45, 2.75) is 19.2 Å². The maximum atomic E-state index is 12.3. The van der Waals surface area contributed by atoms with Crippen molar-refractivity contribution in [3.63, 3.8) is 0 Å². The van der Waals surface area contributed by atoms with Gasteiger partial charge in [0.1, 0.15) is 5.65 Å². The van der Waals surface area contributed by atoms with E-state index in [0.717, 1.165) is 27.3 Å². The number of hydrogen-bond donors (Lipinski definition) is 1. The number of halogens is 1. The molecular weight excluding hydrogens is 386 g/mol. The van der Waals surface area contributed by atoms with Crippen LogP contribution < -0.4 is 5.32 Å². The lowest BCUT2D eigenvalue weighted by Gasteiger charge is -2.05. The minimum Gasteiger partial charge on any atom is -0.346 e. The van der Waals surface area contributed by atoms with Crippen molar-refractivity contribution in [3.8, 4) is 0 Å². The van der Waals surface area contributed by atoms with E-state index in [-0.39, 0.29) is 5.91 Å². The van der Waals surface area contributed by atoms with Gasteiger partial charge in [-0.25, -0.2) is 4.98 Å². The first-order chi connectivity index (χ1) is 11.7. The van der Waals surface area contributed by atoms with E-state index in [0.29, 0.717) is 12.1 Å². The van der Waals surface area contributed by atoms with Gasteiger partial charge < -0.3 is 9.72 Å².